The van der Waals surface area contributed by atoms with E-state index >= 15 is 0 Å². The van der Waals surface area contributed by atoms with Crippen LogP contribution in [-0.4, -0.2) is 27.0 Å². The van der Waals surface area contributed by atoms with Gasteiger partial charge in [-0.05, 0) is 42.7 Å². The Labute approximate surface area is 149 Å². The van der Waals surface area contributed by atoms with Crippen molar-refractivity contribution in [1.29, 1.82) is 0 Å². The van der Waals surface area contributed by atoms with Crippen LogP contribution < -0.4 is 0 Å². The second-order valence-electron chi connectivity index (χ2n) is 9.56. The highest BCUT2D eigenvalue weighted by Crippen LogP contribution is 2.65. The van der Waals surface area contributed by atoms with Gasteiger partial charge in [0, 0.05) is 23.5 Å². The van der Waals surface area contributed by atoms with Gasteiger partial charge < -0.3 is 20.1 Å². The van der Waals surface area contributed by atoms with E-state index in [1.807, 2.05) is 26.8 Å². The highest BCUT2D eigenvalue weighted by Gasteiger charge is 2.68. The Kier molecular flexibility index (Phi) is 3.38. The maximum Gasteiger partial charge on any atom is 0.161 e. The van der Waals surface area contributed by atoms with E-state index in [2.05, 4.69) is 13.8 Å². The van der Waals surface area contributed by atoms with E-state index in [1.165, 1.54) is 0 Å². The van der Waals surface area contributed by atoms with E-state index in [9.17, 15) is 15.3 Å². The van der Waals surface area contributed by atoms with Crippen molar-refractivity contribution in [3.05, 3.63) is 22.8 Å². The van der Waals surface area contributed by atoms with Crippen LogP contribution >= 0.6 is 0 Å². The van der Waals surface area contributed by atoms with E-state index in [0.717, 1.165) is 30.4 Å². The van der Waals surface area contributed by atoms with Gasteiger partial charge in [-0.2, -0.15) is 0 Å². The Balaban J connectivity index is 1.96. The van der Waals surface area contributed by atoms with Gasteiger partial charge in [0.15, 0.2) is 11.5 Å². The van der Waals surface area contributed by atoms with Gasteiger partial charge in [-0.1, -0.05) is 34.1 Å². The molecule has 0 amide bonds. The Morgan fingerprint density at radius 3 is 2.44 bits per heavy atom. The summed E-state index contributed by atoms with van der Waals surface area (Å²) in [7, 11) is 0. The maximum absolute atomic E-state index is 11.4. The lowest BCUT2D eigenvalue weighted by Crippen LogP contribution is -2.51. The molecule has 1 saturated carbocycles. The van der Waals surface area contributed by atoms with Crippen molar-refractivity contribution in [3.63, 3.8) is 0 Å². The number of ether oxygens (including phenoxy) is 1. The third-order valence-corrected chi connectivity index (χ3v) is 7.17. The zero-order valence-electron chi connectivity index (χ0n) is 15.9. The van der Waals surface area contributed by atoms with Crippen LogP contribution in [0.25, 0.3) is 0 Å². The zero-order chi connectivity index (χ0) is 18.4. The number of aliphatic hydroxyl groups is 1. The van der Waals surface area contributed by atoms with Crippen LogP contribution in [0.3, 0.4) is 0 Å². The second kappa shape index (κ2) is 4.92. The molecule has 1 saturated heterocycles. The second-order valence-corrected chi connectivity index (χ2v) is 9.56. The molecule has 1 aromatic rings. The predicted molar refractivity (Wildman–Crippen MR) is 95.9 cm³/mol. The minimum absolute atomic E-state index is 0.0174. The predicted octanol–water partition coefficient (Wildman–Crippen LogP) is 3.95. The smallest absolute Gasteiger partial charge is 0.161 e. The van der Waals surface area contributed by atoms with Gasteiger partial charge >= 0.3 is 0 Å². The molecule has 4 heteroatoms. The molecule has 1 spiro atoms. The summed E-state index contributed by atoms with van der Waals surface area (Å²) in [5.41, 5.74) is 1.000. The molecule has 0 unspecified atom stereocenters. The molecule has 3 N–H and O–H groups in total. The van der Waals surface area contributed by atoms with Crippen LogP contribution in [-0.2, 0) is 16.8 Å². The number of fused-ring (bicyclic) bond motifs is 3. The SMILES string of the molecule is CC(C)c1cc2c(c(O)c1O)C[C@@]13CCCC(C)(C)[C@@H]1[C@@H](O)[C@]2(C)O3. The minimum Gasteiger partial charge on any atom is -0.504 e. The number of aromatic hydroxyl groups is 2. The number of aliphatic hydroxyl groups excluding tert-OH is 1. The number of rotatable bonds is 1. The third-order valence-electron chi connectivity index (χ3n) is 7.17. The molecule has 3 aliphatic rings. The normalized spacial score (nSPS) is 38.5. The maximum atomic E-state index is 11.4. The summed E-state index contributed by atoms with van der Waals surface area (Å²) in [4.78, 5) is 0. The number of hydrogen-bond acceptors (Lipinski definition) is 4. The summed E-state index contributed by atoms with van der Waals surface area (Å²) >= 11 is 0. The largest absolute Gasteiger partial charge is 0.504 e. The number of phenols is 2. The summed E-state index contributed by atoms with van der Waals surface area (Å²) in [6.07, 6.45) is 2.95. The van der Waals surface area contributed by atoms with Gasteiger partial charge in [-0.25, -0.2) is 0 Å². The summed E-state index contributed by atoms with van der Waals surface area (Å²) in [5, 5.41) is 32.6. The van der Waals surface area contributed by atoms with Crippen molar-refractivity contribution in [2.75, 3.05) is 0 Å². The lowest BCUT2D eigenvalue weighted by atomic mass is 9.59. The molecule has 4 rings (SSSR count). The summed E-state index contributed by atoms with van der Waals surface area (Å²) in [5.74, 6) is 0.0608. The molecular weight excluding hydrogens is 316 g/mol. The summed E-state index contributed by atoms with van der Waals surface area (Å²) in [6, 6.07) is 1.94. The highest BCUT2D eigenvalue weighted by atomic mass is 16.6. The monoisotopic (exact) mass is 346 g/mol. The fraction of sp³-hybridized carbons (Fsp3) is 0.714. The van der Waals surface area contributed by atoms with Crippen molar-refractivity contribution in [2.24, 2.45) is 11.3 Å². The molecule has 2 aliphatic heterocycles. The van der Waals surface area contributed by atoms with E-state index < -0.39 is 17.3 Å². The van der Waals surface area contributed by atoms with Gasteiger partial charge in [-0.15, -0.1) is 0 Å². The van der Waals surface area contributed by atoms with Gasteiger partial charge in [-0.3, -0.25) is 0 Å². The average Bonchev–Trinajstić information content (AvgIpc) is 2.69. The Hall–Kier alpha value is -1.26. The van der Waals surface area contributed by atoms with Gasteiger partial charge in [0.2, 0.25) is 0 Å². The Morgan fingerprint density at radius 2 is 1.80 bits per heavy atom. The van der Waals surface area contributed by atoms with Crippen LogP contribution in [0.15, 0.2) is 6.07 Å². The van der Waals surface area contributed by atoms with Crippen LogP contribution in [0.2, 0.25) is 0 Å². The average molecular weight is 346 g/mol. The van der Waals surface area contributed by atoms with Crippen molar-refractivity contribution < 1.29 is 20.1 Å². The first-order chi connectivity index (χ1) is 11.5. The molecule has 2 heterocycles. The van der Waals surface area contributed by atoms with Crippen molar-refractivity contribution in [3.8, 4) is 11.5 Å². The van der Waals surface area contributed by atoms with E-state index in [4.69, 9.17) is 4.74 Å². The number of phenolic OH excluding ortho intramolecular Hbond substituents is 2. The standard InChI is InChI=1S/C21H30O4/c1-11(2)12-9-14-13(16(23)15(12)22)10-21-8-6-7-19(3,4)17(21)18(24)20(14,5)25-21/h9,11,17-18,22-24H,6-8,10H2,1-5H3/t17-,18+,20+,21-/m0/s1. The summed E-state index contributed by atoms with van der Waals surface area (Å²) in [6.45, 7) is 10.4. The van der Waals surface area contributed by atoms with E-state index in [-0.39, 0.29) is 28.7 Å². The molecule has 25 heavy (non-hydrogen) atoms. The molecule has 138 valence electrons. The first-order valence-electron chi connectivity index (χ1n) is 9.50. The molecular formula is C21H30O4. The lowest BCUT2D eigenvalue weighted by molar-refractivity contribution is -0.151. The van der Waals surface area contributed by atoms with Crippen molar-refractivity contribution in [2.45, 2.75) is 83.5 Å². The minimum atomic E-state index is -0.839. The van der Waals surface area contributed by atoms with Crippen LogP contribution in [0.1, 0.15) is 76.5 Å². The fourth-order valence-electron chi connectivity index (χ4n) is 6.02. The first kappa shape index (κ1) is 17.2. The Bertz CT molecular complexity index is 738. The quantitative estimate of drug-likeness (QED) is 0.674. The first-order valence-corrected chi connectivity index (χ1v) is 9.50. The van der Waals surface area contributed by atoms with Crippen LogP contribution in [0.5, 0.6) is 11.5 Å². The number of hydrogen-bond donors (Lipinski definition) is 3. The van der Waals surface area contributed by atoms with Crippen molar-refractivity contribution >= 4 is 0 Å². The van der Waals surface area contributed by atoms with Crippen molar-refractivity contribution in [1.82, 2.24) is 0 Å². The molecule has 4 nitrogen and oxygen atoms in total. The molecule has 4 atom stereocenters. The molecule has 1 aromatic carbocycles. The van der Waals surface area contributed by atoms with Crippen LogP contribution in [0.4, 0.5) is 0 Å². The fourth-order valence-corrected chi connectivity index (χ4v) is 6.02. The topological polar surface area (TPSA) is 69.9 Å². The molecule has 2 bridgehead atoms. The lowest BCUT2D eigenvalue weighted by Gasteiger charge is -2.49. The summed E-state index contributed by atoms with van der Waals surface area (Å²) < 4.78 is 6.64. The molecule has 2 fully saturated rings. The molecule has 1 aliphatic carbocycles. The van der Waals surface area contributed by atoms with Gasteiger partial charge in [0.05, 0.1) is 11.7 Å². The van der Waals surface area contributed by atoms with E-state index in [1.54, 1.807) is 0 Å². The molecule has 0 radical (unpaired) electrons. The Morgan fingerprint density at radius 1 is 1.12 bits per heavy atom. The van der Waals surface area contributed by atoms with Gasteiger partial charge in [0.25, 0.3) is 0 Å². The van der Waals surface area contributed by atoms with E-state index in [0.29, 0.717) is 12.0 Å². The molecule has 0 aromatic heterocycles. The van der Waals surface area contributed by atoms with Crippen LogP contribution in [0, 0.1) is 11.3 Å². The number of benzene rings is 1. The third kappa shape index (κ3) is 2.01. The zero-order valence-corrected chi connectivity index (χ0v) is 15.9. The van der Waals surface area contributed by atoms with Gasteiger partial charge in [0.1, 0.15) is 5.60 Å². The highest BCUT2D eigenvalue weighted by molar-refractivity contribution is 5.59.